The van der Waals surface area contributed by atoms with Crippen LogP contribution >= 0.6 is 11.3 Å². The van der Waals surface area contributed by atoms with Gasteiger partial charge in [0.1, 0.15) is 0 Å². The van der Waals surface area contributed by atoms with Crippen molar-refractivity contribution in [2.45, 2.75) is 26.7 Å². The van der Waals surface area contributed by atoms with Gasteiger partial charge in [-0.1, -0.05) is 19.1 Å². The number of thiazole rings is 1. The smallest absolute Gasteiger partial charge is 0.258 e. The van der Waals surface area contributed by atoms with Crippen LogP contribution in [0.2, 0.25) is 0 Å². The molecule has 0 fully saturated rings. The Bertz CT molecular complexity index is 1200. The quantitative estimate of drug-likeness (QED) is 0.612. The molecule has 0 aliphatic carbocycles. The Labute approximate surface area is 180 Å². The molecule has 1 amide bonds. The van der Waals surface area contributed by atoms with E-state index in [4.69, 9.17) is 0 Å². The van der Waals surface area contributed by atoms with Crippen molar-refractivity contribution in [3.8, 4) is 11.3 Å². The number of hydrogen-bond donors (Lipinski definition) is 1. The summed E-state index contributed by atoms with van der Waals surface area (Å²) in [6.45, 7) is 4.39. The van der Waals surface area contributed by atoms with E-state index >= 15 is 0 Å². The molecule has 3 aromatic rings. The first-order chi connectivity index (χ1) is 14.4. The summed E-state index contributed by atoms with van der Waals surface area (Å²) in [6, 6.07) is 12.7. The Morgan fingerprint density at radius 2 is 2.07 bits per heavy atom. The van der Waals surface area contributed by atoms with Gasteiger partial charge in [0, 0.05) is 34.4 Å². The first-order valence-corrected chi connectivity index (χ1v) is 12.4. The fourth-order valence-corrected chi connectivity index (χ4v) is 5.39. The van der Waals surface area contributed by atoms with E-state index in [1.165, 1.54) is 0 Å². The molecule has 0 spiro atoms. The van der Waals surface area contributed by atoms with E-state index in [0.717, 1.165) is 33.9 Å². The molecular weight excluding hydrogens is 418 g/mol. The summed E-state index contributed by atoms with van der Waals surface area (Å²) in [5.74, 6) is -0.0894. The van der Waals surface area contributed by atoms with Crippen molar-refractivity contribution in [2.24, 2.45) is 0 Å². The number of carbonyl (C=O) groups excluding carboxylic acids is 1. The molecule has 2 heterocycles. The SMILES string of the molecule is CCCS(=O)(=O)Nc1cccc(C(=O)N2CCc3cc(-c4csc(C)n4)ccc32)c1. The van der Waals surface area contributed by atoms with Gasteiger partial charge in [-0.05, 0) is 55.7 Å². The van der Waals surface area contributed by atoms with Gasteiger partial charge in [0.2, 0.25) is 10.0 Å². The lowest BCUT2D eigenvalue weighted by Gasteiger charge is -2.18. The monoisotopic (exact) mass is 441 g/mol. The maximum atomic E-state index is 13.1. The minimum Gasteiger partial charge on any atom is -0.308 e. The molecule has 1 N–H and O–H groups in total. The van der Waals surface area contributed by atoms with E-state index in [1.54, 1.807) is 40.5 Å². The van der Waals surface area contributed by atoms with Crippen LogP contribution in [0.15, 0.2) is 47.8 Å². The van der Waals surface area contributed by atoms with Crippen molar-refractivity contribution in [1.29, 1.82) is 0 Å². The molecule has 1 aromatic heterocycles. The van der Waals surface area contributed by atoms with E-state index in [0.29, 0.717) is 24.2 Å². The van der Waals surface area contributed by atoms with Gasteiger partial charge in [-0.25, -0.2) is 13.4 Å². The summed E-state index contributed by atoms with van der Waals surface area (Å²) in [7, 11) is -3.40. The molecule has 0 saturated heterocycles. The predicted octanol–water partition coefficient (Wildman–Crippen LogP) is 4.47. The number of amides is 1. The predicted molar refractivity (Wildman–Crippen MR) is 122 cm³/mol. The standard InChI is InChI=1S/C22H23N3O3S2/c1-3-11-30(27,28)24-19-6-4-5-18(13-19)22(26)25-10-9-17-12-16(7-8-21(17)25)20-14-29-15(2)23-20/h4-8,12-14,24H,3,9-11H2,1-2H3. The average molecular weight is 442 g/mol. The van der Waals surface area contributed by atoms with Crippen LogP contribution in [0.25, 0.3) is 11.3 Å². The van der Waals surface area contributed by atoms with Crippen LogP contribution in [0, 0.1) is 6.92 Å². The lowest BCUT2D eigenvalue weighted by atomic mass is 10.1. The van der Waals surface area contributed by atoms with Gasteiger partial charge in [-0.3, -0.25) is 9.52 Å². The molecule has 4 rings (SSSR count). The fourth-order valence-electron chi connectivity index (χ4n) is 3.64. The molecule has 0 radical (unpaired) electrons. The zero-order valence-corrected chi connectivity index (χ0v) is 18.5. The van der Waals surface area contributed by atoms with Crippen molar-refractivity contribution in [3.05, 3.63) is 64.0 Å². The Morgan fingerprint density at radius 3 is 2.80 bits per heavy atom. The number of carbonyl (C=O) groups is 1. The third-order valence-electron chi connectivity index (χ3n) is 4.99. The van der Waals surface area contributed by atoms with Crippen LogP contribution in [-0.2, 0) is 16.4 Å². The topological polar surface area (TPSA) is 79.4 Å². The van der Waals surface area contributed by atoms with Gasteiger partial charge in [-0.2, -0.15) is 0 Å². The van der Waals surface area contributed by atoms with Crippen LogP contribution in [-0.4, -0.2) is 31.6 Å². The summed E-state index contributed by atoms with van der Waals surface area (Å²) < 4.78 is 26.6. The fraction of sp³-hybridized carbons (Fsp3) is 0.273. The van der Waals surface area contributed by atoms with E-state index in [2.05, 4.69) is 15.8 Å². The number of hydrogen-bond acceptors (Lipinski definition) is 5. The number of anilines is 2. The van der Waals surface area contributed by atoms with Gasteiger partial charge in [-0.15, -0.1) is 11.3 Å². The molecule has 6 nitrogen and oxygen atoms in total. The summed E-state index contributed by atoms with van der Waals surface area (Å²) >= 11 is 1.62. The zero-order chi connectivity index (χ0) is 21.3. The number of nitrogens with zero attached hydrogens (tertiary/aromatic N) is 2. The minimum absolute atomic E-state index is 0.0471. The number of sulfonamides is 1. The largest absolute Gasteiger partial charge is 0.308 e. The third kappa shape index (κ3) is 4.24. The highest BCUT2D eigenvalue weighted by atomic mass is 32.2. The molecule has 8 heteroatoms. The van der Waals surface area contributed by atoms with Crippen molar-refractivity contribution >= 4 is 38.6 Å². The van der Waals surface area contributed by atoms with Gasteiger partial charge >= 0.3 is 0 Å². The highest BCUT2D eigenvalue weighted by Crippen LogP contribution is 2.33. The molecular formula is C22H23N3O3S2. The number of fused-ring (bicyclic) bond motifs is 1. The highest BCUT2D eigenvalue weighted by Gasteiger charge is 2.26. The van der Waals surface area contributed by atoms with Gasteiger partial charge in [0.05, 0.1) is 16.5 Å². The normalized spacial score (nSPS) is 13.3. The summed E-state index contributed by atoms with van der Waals surface area (Å²) in [5.41, 5.74) is 4.89. The molecule has 30 heavy (non-hydrogen) atoms. The molecule has 0 atom stereocenters. The molecule has 0 bridgehead atoms. The number of benzene rings is 2. The van der Waals surface area contributed by atoms with Crippen molar-refractivity contribution in [2.75, 3.05) is 21.9 Å². The molecule has 1 aliphatic rings. The minimum atomic E-state index is -3.40. The lowest BCUT2D eigenvalue weighted by molar-refractivity contribution is 0.0989. The second-order valence-corrected chi connectivity index (χ2v) is 10.2. The molecule has 2 aromatic carbocycles. The van der Waals surface area contributed by atoms with Gasteiger partial charge in [0.15, 0.2) is 0 Å². The van der Waals surface area contributed by atoms with E-state index in [-0.39, 0.29) is 11.7 Å². The van der Waals surface area contributed by atoms with Crippen molar-refractivity contribution < 1.29 is 13.2 Å². The van der Waals surface area contributed by atoms with Crippen LogP contribution in [0.4, 0.5) is 11.4 Å². The van der Waals surface area contributed by atoms with E-state index in [1.807, 2.05) is 31.4 Å². The Morgan fingerprint density at radius 1 is 1.23 bits per heavy atom. The molecule has 0 saturated carbocycles. The Hall–Kier alpha value is -2.71. The van der Waals surface area contributed by atoms with E-state index < -0.39 is 10.0 Å². The highest BCUT2D eigenvalue weighted by molar-refractivity contribution is 7.92. The first-order valence-electron chi connectivity index (χ1n) is 9.84. The van der Waals surface area contributed by atoms with E-state index in [9.17, 15) is 13.2 Å². The number of aryl methyl sites for hydroxylation is 1. The Kier molecular flexibility index (Phi) is 5.62. The Balaban J connectivity index is 1.57. The van der Waals surface area contributed by atoms with Crippen LogP contribution in [0.5, 0.6) is 0 Å². The van der Waals surface area contributed by atoms with Crippen molar-refractivity contribution in [3.63, 3.8) is 0 Å². The zero-order valence-electron chi connectivity index (χ0n) is 16.9. The second-order valence-electron chi connectivity index (χ2n) is 7.30. The van der Waals surface area contributed by atoms with Gasteiger partial charge in [0.25, 0.3) is 5.91 Å². The van der Waals surface area contributed by atoms with Crippen LogP contribution in [0.3, 0.4) is 0 Å². The summed E-state index contributed by atoms with van der Waals surface area (Å²) in [5, 5.41) is 3.07. The average Bonchev–Trinajstić information content (AvgIpc) is 3.33. The maximum absolute atomic E-state index is 13.1. The summed E-state index contributed by atoms with van der Waals surface area (Å²) in [4.78, 5) is 19.4. The lowest BCUT2D eigenvalue weighted by Crippen LogP contribution is -2.29. The van der Waals surface area contributed by atoms with Crippen LogP contribution in [0.1, 0.15) is 34.3 Å². The van der Waals surface area contributed by atoms with Crippen LogP contribution < -0.4 is 9.62 Å². The molecule has 156 valence electrons. The first kappa shape index (κ1) is 20.6. The van der Waals surface area contributed by atoms with Crippen molar-refractivity contribution in [1.82, 2.24) is 4.98 Å². The maximum Gasteiger partial charge on any atom is 0.258 e. The van der Waals surface area contributed by atoms with Gasteiger partial charge < -0.3 is 4.90 Å². The number of aromatic nitrogens is 1. The summed E-state index contributed by atoms with van der Waals surface area (Å²) in [6.07, 6.45) is 1.31. The second kappa shape index (κ2) is 8.20. The molecule has 0 unspecified atom stereocenters. The number of rotatable bonds is 6. The third-order valence-corrected chi connectivity index (χ3v) is 7.26. The number of nitrogens with one attached hydrogen (secondary N) is 1. The molecule has 1 aliphatic heterocycles.